The maximum atomic E-state index is 10.3. The summed E-state index contributed by atoms with van der Waals surface area (Å²) in [4.78, 5) is 10.3. The Hall–Kier alpha value is -1.03. The summed E-state index contributed by atoms with van der Waals surface area (Å²) in [5, 5.41) is 8.42. The van der Waals surface area contributed by atoms with Crippen molar-refractivity contribution >= 4 is 22.1 Å². The largest absolute Gasteiger partial charge is 0.511 e. The number of hydrogen-bond donors (Lipinski definition) is 1. The summed E-state index contributed by atoms with van der Waals surface area (Å²) in [6.45, 7) is 3.67. The van der Waals surface area contributed by atoms with Crippen molar-refractivity contribution < 1.29 is 14.6 Å². The number of halogens is 1. The first-order chi connectivity index (χ1) is 6.00. The number of aryl methyl sites for hydroxylation is 2. The molecule has 0 aromatic heterocycles. The number of benzene rings is 1. The molecule has 0 heterocycles. The average molecular weight is 245 g/mol. The number of carbonyl (C=O) groups is 1. The predicted molar refractivity (Wildman–Crippen MR) is 52.3 cm³/mol. The van der Waals surface area contributed by atoms with Gasteiger partial charge in [0.25, 0.3) is 0 Å². The Balaban J connectivity index is 3.08. The average Bonchev–Trinajstić information content (AvgIpc) is 1.99. The van der Waals surface area contributed by atoms with Gasteiger partial charge in [-0.1, -0.05) is 15.9 Å². The van der Waals surface area contributed by atoms with Crippen molar-refractivity contribution in [2.24, 2.45) is 0 Å². The Kier molecular flexibility index (Phi) is 2.93. The van der Waals surface area contributed by atoms with Crippen molar-refractivity contribution in [2.45, 2.75) is 13.8 Å². The van der Waals surface area contributed by atoms with E-state index in [4.69, 9.17) is 5.11 Å². The third kappa shape index (κ3) is 2.45. The normalized spacial score (nSPS) is 9.77. The first kappa shape index (κ1) is 10.1. The van der Waals surface area contributed by atoms with Gasteiger partial charge in [0.2, 0.25) is 0 Å². The van der Waals surface area contributed by atoms with E-state index in [-0.39, 0.29) is 0 Å². The minimum absolute atomic E-state index is 0.383. The SMILES string of the molecule is Cc1cc(OC(=O)O)c(C)cc1Br. The van der Waals surface area contributed by atoms with Gasteiger partial charge in [0.1, 0.15) is 5.75 Å². The lowest BCUT2D eigenvalue weighted by Gasteiger charge is -2.06. The Morgan fingerprint density at radius 3 is 2.54 bits per heavy atom. The highest BCUT2D eigenvalue weighted by Gasteiger charge is 2.06. The van der Waals surface area contributed by atoms with Gasteiger partial charge in [-0.15, -0.1) is 0 Å². The van der Waals surface area contributed by atoms with Crippen LogP contribution in [0.1, 0.15) is 11.1 Å². The third-order valence-electron chi connectivity index (χ3n) is 1.65. The lowest BCUT2D eigenvalue weighted by Crippen LogP contribution is -2.04. The first-order valence-electron chi connectivity index (χ1n) is 3.68. The summed E-state index contributed by atoms with van der Waals surface area (Å²) in [5.74, 6) is 0.383. The molecule has 0 aliphatic rings. The molecule has 0 saturated carbocycles. The second kappa shape index (κ2) is 3.79. The monoisotopic (exact) mass is 244 g/mol. The minimum atomic E-state index is -1.29. The fraction of sp³-hybridized carbons (Fsp3) is 0.222. The molecule has 70 valence electrons. The Labute approximate surface area is 84.5 Å². The van der Waals surface area contributed by atoms with Crippen LogP contribution in [0.15, 0.2) is 16.6 Å². The van der Waals surface area contributed by atoms with Crippen LogP contribution in [-0.4, -0.2) is 11.3 Å². The Bertz CT molecular complexity index is 347. The zero-order chi connectivity index (χ0) is 10.0. The lowest BCUT2D eigenvalue weighted by atomic mass is 10.1. The van der Waals surface area contributed by atoms with Crippen molar-refractivity contribution in [3.05, 3.63) is 27.7 Å². The van der Waals surface area contributed by atoms with Crippen molar-refractivity contribution in [3.63, 3.8) is 0 Å². The molecule has 0 atom stereocenters. The minimum Gasteiger partial charge on any atom is -0.449 e. The van der Waals surface area contributed by atoms with E-state index < -0.39 is 6.16 Å². The van der Waals surface area contributed by atoms with Gasteiger partial charge in [-0.25, -0.2) is 4.79 Å². The molecular formula is C9H9BrO3. The van der Waals surface area contributed by atoms with Crippen LogP contribution in [0.5, 0.6) is 5.75 Å². The van der Waals surface area contributed by atoms with Gasteiger partial charge in [0.05, 0.1) is 0 Å². The maximum absolute atomic E-state index is 10.3. The molecule has 4 heteroatoms. The molecule has 0 spiro atoms. The standard InChI is InChI=1S/C9H9BrO3/c1-5-4-8(13-9(11)12)6(2)3-7(5)10/h3-4H,1-2H3,(H,11,12). The molecule has 0 aliphatic heterocycles. The fourth-order valence-corrected chi connectivity index (χ4v) is 1.42. The summed E-state index contributed by atoms with van der Waals surface area (Å²) >= 11 is 3.34. The summed E-state index contributed by atoms with van der Waals surface area (Å²) in [5.41, 5.74) is 1.74. The first-order valence-corrected chi connectivity index (χ1v) is 4.47. The Morgan fingerprint density at radius 1 is 1.38 bits per heavy atom. The number of hydrogen-bond acceptors (Lipinski definition) is 2. The van der Waals surface area contributed by atoms with Gasteiger partial charge < -0.3 is 9.84 Å². The highest BCUT2D eigenvalue weighted by molar-refractivity contribution is 9.10. The quantitative estimate of drug-likeness (QED) is 0.610. The molecule has 0 fully saturated rings. The molecule has 1 N–H and O–H groups in total. The summed E-state index contributed by atoms with van der Waals surface area (Å²) < 4.78 is 5.52. The van der Waals surface area contributed by atoms with Crippen LogP contribution in [0.4, 0.5) is 4.79 Å². The van der Waals surface area contributed by atoms with Gasteiger partial charge in [-0.2, -0.15) is 0 Å². The lowest BCUT2D eigenvalue weighted by molar-refractivity contribution is 0.144. The molecule has 0 saturated heterocycles. The van der Waals surface area contributed by atoms with E-state index in [9.17, 15) is 4.79 Å². The van der Waals surface area contributed by atoms with E-state index in [0.29, 0.717) is 5.75 Å². The van der Waals surface area contributed by atoms with E-state index in [1.54, 1.807) is 13.0 Å². The zero-order valence-electron chi connectivity index (χ0n) is 7.30. The summed E-state index contributed by atoms with van der Waals surface area (Å²) in [7, 11) is 0. The van der Waals surface area contributed by atoms with Crippen molar-refractivity contribution in [1.29, 1.82) is 0 Å². The van der Waals surface area contributed by atoms with Crippen molar-refractivity contribution in [1.82, 2.24) is 0 Å². The molecule has 13 heavy (non-hydrogen) atoms. The maximum Gasteiger partial charge on any atom is 0.511 e. The van der Waals surface area contributed by atoms with Crippen LogP contribution in [0, 0.1) is 13.8 Å². The number of carboxylic acid groups (broad SMARTS) is 1. The summed E-state index contributed by atoms with van der Waals surface area (Å²) in [6, 6.07) is 3.52. The van der Waals surface area contributed by atoms with Crippen LogP contribution in [-0.2, 0) is 0 Å². The van der Waals surface area contributed by atoms with E-state index in [2.05, 4.69) is 20.7 Å². The fourth-order valence-electron chi connectivity index (χ4n) is 0.958. The zero-order valence-corrected chi connectivity index (χ0v) is 8.88. The number of ether oxygens (including phenoxy) is 1. The van der Waals surface area contributed by atoms with E-state index in [1.807, 2.05) is 13.0 Å². The van der Waals surface area contributed by atoms with Gasteiger partial charge in [-0.3, -0.25) is 0 Å². The molecule has 3 nitrogen and oxygen atoms in total. The van der Waals surface area contributed by atoms with Crippen LogP contribution in [0.3, 0.4) is 0 Å². The van der Waals surface area contributed by atoms with Crippen LogP contribution < -0.4 is 4.74 Å². The highest BCUT2D eigenvalue weighted by Crippen LogP contribution is 2.26. The molecule has 1 rings (SSSR count). The molecule has 0 unspecified atom stereocenters. The molecular weight excluding hydrogens is 236 g/mol. The summed E-state index contributed by atoms with van der Waals surface area (Å²) in [6.07, 6.45) is -1.29. The molecule has 1 aromatic carbocycles. The second-order valence-electron chi connectivity index (χ2n) is 2.73. The molecule has 0 bridgehead atoms. The predicted octanol–water partition coefficient (Wildman–Crippen LogP) is 3.12. The van der Waals surface area contributed by atoms with Crippen LogP contribution >= 0.6 is 15.9 Å². The molecule has 0 radical (unpaired) electrons. The van der Waals surface area contributed by atoms with E-state index in [1.165, 1.54) is 0 Å². The van der Waals surface area contributed by atoms with Gasteiger partial charge >= 0.3 is 6.16 Å². The van der Waals surface area contributed by atoms with E-state index in [0.717, 1.165) is 15.6 Å². The van der Waals surface area contributed by atoms with Gasteiger partial charge in [0, 0.05) is 4.47 Å². The van der Waals surface area contributed by atoms with Crippen LogP contribution in [0.25, 0.3) is 0 Å². The third-order valence-corrected chi connectivity index (χ3v) is 2.51. The molecule has 1 aromatic rings. The Morgan fingerprint density at radius 2 is 2.00 bits per heavy atom. The second-order valence-corrected chi connectivity index (χ2v) is 3.59. The molecule has 0 aliphatic carbocycles. The van der Waals surface area contributed by atoms with Crippen LogP contribution in [0.2, 0.25) is 0 Å². The number of rotatable bonds is 1. The van der Waals surface area contributed by atoms with Gasteiger partial charge in [0.15, 0.2) is 0 Å². The molecule has 0 amide bonds. The van der Waals surface area contributed by atoms with E-state index >= 15 is 0 Å². The van der Waals surface area contributed by atoms with Crippen molar-refractivity contribution in [2.75, 3.05) is 0 Å². The smallest absolute Gasteiger partial charge is 0.449 e. The van der Waals surface area contributed by atoms with Crippen molar-refractivity contribution in [3.8, 4) is 5.75 Å². The van der Waals surface area contributed by atoms with Gasteiger partial charge in [-0.05, 0) is 37.1 Å². The topological polar surface area (TPSA) is 46.5 Å². The highest BCUT2D eigenvalue weighted by atomic mass is 79.9.